The molecule has 24 heavy (non-hydrogen) atoms. The maximum Gasteiger partial charge on any atom is 0.254 e. The third-order valence-corrected chi connectivity index (χ3v) is 4.89. The molecule has 4 nitrogen and oxygen atoms in total. The summed E-state index contributed by atoms with van der Waals surface area (Å²) in [5, 5.41) is 0. The van der Waals surface area contributed by atoms with E-state index in [0.717, 1.165) is 25.3 Å². The largest absolute Gasteiger partial charge is 0.356 e. The lowest BCUT2D eigenvalue weighted by Crippen LogP contribution is -2.44. The van der Waals surface area contributed by atoms with E-state index in [4.69, 9.17) is 0 Å². The van der Waals surface area contributed by atoms with Gasteiger partial charge in [0.05, 0.1) is 5.56 Å². The van der Waals surface area contributed by atoms with E-state index in [0.29, 0.717) is 5.56 Å². The molecule has 0 N–H and O–H groups in total. The monoisotopic (exact) mass is 323 g/mol. The van der Waals surface area contributed by atoms with Crippen LogP contribution in [0.5, 0.6) is 0 Å². The molecule has 1 amide bonds. The van der Waals surface area contributed by atoms with Gasteiger partial charge in [0.15, 0.2) is 0 Å². The number of pyridine rings is 1. The van der Waals surface area contributed by atoms with Gasteiger partial charge in [-0.1, -0.05) is 37.3 Å². The molecular weight excluding hydrogens is 298 g/mol. The predicted octanol–water partition coefficient (Wildman–Crippen LogP) is 3.34. The standard InChI is InChI=1S/C20H25N3O/c1-20(17-8-5-4-6-9-17)12-7-13-23(15-20)18-11-10-16(14-21-18)19(24)22(2)3/h4-6,8-11,14H,7,12-13,15H2,1-3H3/t20-/m1/s1. The average Bonchev–Trinajstić information content (AvgIpc) is 2.62. The number of anilines is 1. The van der Waals surface area contributed by atoms with Crippen LogP contribution in [-0.4, -0.2) is 43.0 Å². The number of rotatable bonds is 3. The Morgan fingerprint density at radius 2 is 1.92 bits per heavy atom. The van der Waals surface area contributed by atoms with Crippen LogP contribution in [0, 0.1) is 0 Å². The van der Waals surface area contributed by atoms with Crippen molar-refractivity contribution in [1.82, 2.24) is 9.88 Å². The molecule has 0 spiro atoms. The fourth-order valence-corrected chi connectivity index (χ4v) is 3.47. The number of benzene rings is 1. The zero-order chi connectivity index (χ0) is 17.2. The van der Waals surface area contributed by atoms with Gasteiger partial charge in [-0.2, -0.15) is 0 Å². The molecule has 1 atom stereocenters. The van der Waals surface area contributed by atoms with E-state index < -0.39 is 0 Å². The minimum Gasteiger partial charge on any atom is -0.356 e. The molecule has 1 aliphatic rings. The molecule has 0 saturated carbocycles. The van der Waals surface area contributed by atoms with Crippen LogP contribution in [0.25, 0.3) is 0 Å². The molecule has 2 heterocycles. The summed E-state index contributed by atoms with van der Waals surface area (Å²) in [4.78, 5) is 20.4. The van der Waals surface area contributed by atoms with E-state index in [-0.39, 0.29) is 11.3 Å². The number of piperidine rings is 1. The Kier molecular flexibility index (Phi) is 4.56. The molecule has 4 heteroatoms. The minimum atomic E-state index is -0.0122. The minimum absolute atomic E-state index is 0.0122. The predicted molar refractivity (Wildman–Crippen MR) is 97.5 cm³/mol. The molecule has 2 aromatic rings. The van der Waals surface area contributed by atoms with E-state index in [2.05, 4.69) is 47.1 Å². The quantitative estimate of drug-likeness (QED) is 0.869. The third kappa shape index (κ3) is 3.28. The topological polar surface area (TPSA) is 36.4 Å². The maximum atomic E-state index is 12.0. The average molecular weight is 323 g/mol. The number of hydrogen-bond donors (Lipinski definition) is 0. The number of nitrogens with zero attached hydrogens (tertiary/aromatic N) is 3. The Bertz CT molecular complexity index is 697. The molecule has 0 unspecified atom stereocenters. The van der Waals surface area contributed by atoms with Gasteiger partial charge in [0, 0.05) is 38.8 Å². The lowest BCUT2D eigenvalue weighted by molar-refractivity contribution is 0.0827. The highest BCUT2D eigenvalue weighted by molar-refractivity contribution is 5.93. The molecule has 1 aliphatic heterocycles. The van der Waals surface area contributed by atoms with Gasteiger partial charge in [0.2, 0.25) is 0 Å². The van der Waals surface area contributed by atoms with Crippen LogP contribution in [0.2, 0.25) is 0 Å². The van der Waals surface area contributed by atoms with Gasteiger partial charge >= 0.3 is 0 Å². The molecule has 1 aromatic heterocycles. The first kappa shape index (κ1) is 16.5. The molecule has 1 fully saturated rings. The zero-order valence-corrected chi connectivity index (χ0v) is 14.7. The van der Waals surface area contributed by atoms with Gasteiger partial charge in [0.1, 0.15) is 5.82 Å². The second kappa shape index (κ2) is 6.63. The summed E-state index contributed by atoms with van der Waals surface area (Å²) < 4.78 is 0. The van der Waals surface area contributed by atoms with Crippen LogP contribution < -0.4 is 4.90 Å². The number of carbonyl (C=O) groups is 1. The van der Waals surface area contributed by atoms with Gasteiger partial charge in [-0.3, -0.25) is 4.79 Å². The summed E-state index contributed by atoms with van der Waals surface area (Å²) in [6.07, 6.45) is 4.02. The van der Waals surface area contributed by atoms with Crippen molar-refractivity contribution in [1.29, 1.82) is 0 Å². The van der Waals surface area contributed by atoms with E-state index in [1.54, 1.807) is 25.2 Å². The highest BCUT2D eigenvalue weighted by Gasteiger charge is 2.33. The van der Waals surface area contributed by atoms with E-state index in [1.807, 2.05) is 12.1 Å². The Labute approximate surface area is 144 Å². The van der Waals surface area contributed by atoms with Crippen molar-refractivity contribution in [3.63, 3.8) is 0 Å². The lowest BCUT2D eigenvalue weighted by atomic mass is 9.76. The first-order chi connectivity index (χ1) is 11.5. The highest BCUT2D eigenvalue weighted by atomic mass is 16.2. The Morgan fingerprint density at radius 1 is 1.17 bits per heavy atom. The number of aromatic nitrogens is 1. The third-order valence-electron chi connectivity index (χ3n) is 4.89. The second-order valence-electron chi connectivity index (χ2n) is 7.06. The van der Waals surface area contributed by atoms with Crippen molar-refractivity contribution in [2.24, 2.45) is 0 Å². The van der Waals surface area contributed by atoms with Crippen LogP contribution in [0.3, 0.4) is 0 Å². The number of carbonyl (C=O) groups excluding carboxylic acids is 1. The Hall–Kier alpha value is -2.36. The Balaban J connectivity index is 1.79. The van der Waals surface area contributed by atoms with E-state index >= 15 is 0 Å². The smallest absolute Gasteiger partial charge is 0.254 e. The number of amides is 1. The summed E-state index contributed by atoms with van der Waals surface area (Å²) in [6, 6.07) is 14.6. The fraction of sp³-hybridized carbons (Fsp3) is 0.400. The Morgan fingerprint density at radius 3 is 2.54 bits per heavy atom. The summed E-state index contributed by atoms with van der Waals surface area (Å²) >= 11 is 0. The van der Waals surface area contributed by atoms with Gasteiger partial charge in [0.25, 0.3) is 5.91 Å². The van der Waals surface area contributed by atoms with Crippen molar-refractivity contribution >= 4 is 11.7 Å². The van der Waals surface area contributed by atoms with Crippen molar-refractivity contribution < 1.29 is 4.79 Å². The number of hydrogen-bond acceptors (Lipinski definition) is 3. The molecular formula is C20H25N3O. The van der Waals surface area contributed by atoms with Crippen LogP contribution in [0.4, 0.5) is 5.82 Å². The molecule has 1 aromatic carbocycles. The van der Waals surface area contributed by atoms with Crippen LogP contribution in [0.1, 0.15) is 35.7 Å². The molecule has 0 aliphatic carbocycles. The summed E-state index contributed by atoms with van der Waals surface area (Å²) in [5.74, 6) is 0.939. The van der Waals surface area contributed by atoms with E-state index in [1.165, 1.54) is 12.0 Å². The van der Waals surface area contributed by atoms with Crippen molar-refractivity contribution in [2.75, 3.05) is 32.1 Å². The first-order valence-corrected chi connectivity index (χ1v) is 8.48. The first-order valence-electron chi connectivity index (χ1n) is 8.48. The second-order valence-corrected chi connectivity index (χ2v) is 7.06. The highest BCUT2D eigenvalue weighted by Crippen LogP contribution is 2.35. The van der Waals surface area contributed by atoms with Crippen molar-refractivity contribution in [3.8, 4) is 0 Å². The van der Waals surface area contributed by atoms with Crippen LogP contribution in [-0.2, 0) is 5.41 Å². The summed E-state index contributed by atoms with van der Waals surface area (Å²) in [5.41, 5.74) is 2.15. The maximum absolute atomic E-state index is 12.0. The van der Waals surface area contributed by atoms with Crippen molar-refractivity contribution in [3.05, 3.63) is 59.8 Å². The molecule has 126 valence electrons. The van der Waals surface area contributed by atoms with Gasteiger partial charge in [-0.05, 0) is 30.5 Å². The van der Waals surface area contributed by atoms with Gasteiger partial charge < -0.3 is 9.80 Å². The normalized spacial score (nSPS) is 20.7. The summed E-state index contributed by atoms with van der Waals surface area (Å²) in [6.45, 7) is 4.29. The molecule has 0 bridgehead atoms. The van der Waals surface area contributed by atoms with Crippen molar-refractivity contribution in [2.45, 2.75) is 25.2 Å². The lowest BCUT2D eigenvalue weighted by Gasteiger charge is -2.41. The van der Waals surface area contributed by atoms with Crippen LogP contribution in [0.15, 0.2) is 48.7 Å². The zero-order valence-electron chi connectivity index (χ0n) is 14.7. The fourth-order valence-electron chi connectivity index (χ4n) is 3.47. The van der Waals surface area contributed by atoms with Crippen LogP contribution >= 0.6 is 0 Å². The van der Waals surface area contributed by atoms with E-state index in [9.17, 15) is 4.79 Å². The molecule has 0 radical (unpaired) electrons. The van der Waals surface area contributed by atoms with Gasteiger partial charge in [-0.15, -0.1) is 0 Å². The molecule has 1 saturated heterocycles. The molecule has 3 rings (SSSR count). The van der Waals surface area contributed by atoms with Gasteiger partial charge in [-0.25, -0.2) is 4.98 Å². The summed E-state index contributed by atoms with van der Waals surface area (Å²) in [7, 11) is 3.51. The SMILES string of the molecule is CN(C)C(=O)c1ccc(N2CCC[C@@](C)(c3ccccc3)C2)nc1.